The van der Waals surface area contributed by atoms with Gasteiger partial charge in [-0.3, -0.25) is 14.3 Å². The molecule has 0 aliphatic carbocycles. The molecule has 2 fully saturated rings. The van der Waals surface area contributed by atoms with Crippen molar-refractivity contribution in [3.05, 3.63) is 32.6 Å². The maximum Gasteiger partial charge on any atom is 0.330 e. The number of H-pyrrole nitrogens is 1. The van der Waals surface area contributed by atoms with E-state index in [4.69, 9.17) is 14.2 Å². The van der Waals surface area contributed by atoms with Crippen LogP contribution in [-0.4, -0.2) is 57.6 Å². The minimum absolute atomic E-state index is 0.204. The van der Waals surface area contributed by atoms with Gasteiger partial charge in [0.05, 0.1) is 13.2 Å². The molecule has 1 aromatic heterocycles. The van der Waals surface area contributed by atoms with E-state index in [0.717, 1.165) is 4.57 Å². The number of aromatic nitrogens is 2. The van der Waals surface area contributed by atoms with Crippen LogP contribution in [0.2, 0.25) is 0 Å². The number of aryl methyl sites for hydroxylation is 1. The highest BCUT2D eigenvalue weighted by atomic mass is 16.8. The first kappa shape index (κ1) is 14.4. The molecule has 0 unspecified atom stereocenters. The first-order valence-electron chi connectivity index (χ1n) is 6.53. The first-order chi connectivity index (χ1) is 9.98. The summed E-state index contributed by atoms with van der Waals surface area (Å²) in [6.07, 6.45) is -1.97. The van der Waals surface area contributed by atoms with Crippen molar-refractivity contribution in [3.8, 4) is 0 Å². The molecule has 3 heterocycles. The zero-order valence-electron chi connectivity index (χ0n) is 11.3. The van der Waals surface area contributed by atoms with E-state index in [0.29, 0.717) is 5.56 Å². The summed E-state index contributed by atoms with van der Waals surface area (Å²) in [6.45, 7) is 1.45. The van der Waals surface area contributed by atoms with Crippen LogP contribution >= 0.6 is 0 Å². The number of nitrogens with one attached hydrogen (secondary N) is 1. The van der Waals surface area contributed by atoms with Crippen molar-refractivity contribution >= 4 is 0 Å². The molecule has 0 spiro atoms. The van der Waals surface area contributed by atoms with Gasteiger partial charge in [0.15, 0.2) is 6.23 Å². The van der Waals surface area contributed by atoms with E-state index >= 15 is 0 Å². The molecular formula is C12H16N2O7. The molecule has 3 rings (SSSR count). The maximum absolute atomic E-state index is 11.9. The molecule has 0 aromatic carbocycles. The highest BCUT2D eigenvalue weighted by Crippen LogP contribution is 2.40. The molecular weight excluding hydrogens is 284 g/mol. The summed E-state index contributed by atoms with van der Waals surface area (Å²) in [6, 6.07) is 0. The number of aliphatic hydroxyl groups is 2. The van der Waals surface area contributed by atoms with Crippen LogP contribution in [0.4, 0.5) is 0 Å². The third-order valence-electron chi connectivity index (χ3n) is 3.72. The van der Waals surface area contributed by atoms with Crippen LogP contribution in [0.3, 0.4) is 0 Å². The van der Waals surface area contributed by atoms with Gasteiger partial charge >= 0.3 is 5.69 Å². The third kappa shape index (κ3) is 2.14. The van der Waals surface area contributed by atoms with Crippen LogP contribution in [-0.2, 0) is 14.2 Å². The summed E-state index contributed by atoms with van der Waals surface area (Å²) in [5.74, 6) is -1.51. The monoisotopic (exact) mass is 300 g/mol. The van der Waals surface area contributed by atoms with Crippen molar-refractivity contribution in [3.63, 3.8) is 0 Å². The van der Waals surface area contributed by atoms with Crippen LogP contribution in [0.1, 0.15) is 11.8 Å². The zero-order chi connectivity index (χ0) is 15.2. The molecule has 9 nitrogen and oxygen atoms in total. The normalized spacial score (nSPS) is 35.7. The topological polar surface area (TPSA) is 123 Å². The largest absolute Gasteiger partial charge is 0.391 e. The molecule has 0 radical (unpaired) electrons. The van der Waals surface area contributed by atoms with Gasteiger partial charge < -0.3 is 24.4 Å². The predicted octanol–water partition coefficient (Wildman–Crippen LogP) is -2.16. The van der Waals surface area contributed by atoms with Gasteiger partial charge in [0.25, 0.3) is 5.56 Å². The Balaban J connectivity index is 2.03. The second kappa shape index (κ2) is 5.04. The Labute approximate surface area is 118 Å². The molecule has 2 aliphatic rings. The number of hydrogen-bond donors (Lipinski definition) is 3. The van der Waals surface area contributed by atoms with Gasteiger partial charge in [-0.2, -0.15) is 0 Å². The molecule has 21 heavy (non-hydrogen) atoms. The summed E-state index contributed by atoms with van der Waals surface area (Å²) in [7, 11) is 0. The van der Waals surface area contributed by atoms with E-state index in [1.165, 1.54) is 13.1 Å². The number of rotatable bonds is 2. The smallest absolute Gasteiger partial charge is 0.330 e. The van der Waals surface area contributed by atoms with Crippen LogP contribution in [0.15, 0.2) is 15.8 Å². The lowest BCUT2D eigenvalue weighted by Crippen LogP contribution is -2.54. The quantitative estimate of drug-likeness (QED) is 0.568. The Morgan fingerprint density at radius 3 is 2.90 bits per heavy atom. The van der Waals surface area contributed by atoms with E-state index in [9.17, 15) is 19.8 Å². The van der Waals surface area contributed by atoms with Crippen LogP contribution in [0, 0.1) is 6.92 Å². The minimum atomic E-state index is -1.51. The molecule has 0 saturated carbocycles. The second-order valence-electron chi connectivity index (χ2n) is 5.09. The molecule has 3 N–H and O–H groups in total. The Kier molecular flexibility index (Phi) is 3.46. The molecule has 4 atom stereocenters. The fourth-order valence-corrected chi connectivity index (χ4v) is 2.65. The van der Waals surface area contributed by atoms with Gasteiger partial charge in [0, 0.05) is 11.8 Å². The predicted molar refractivity (Wildman–Crippen MR) is 67.7 cm³/mol. The van der Waals surface area contributed by atoms with Gasteiger partial charge in [-0.05, 0) is 6.92 Å². The molecule has 1 aromatic rings. The average Bonchev–Trinajstić information content (AvgIpc) is 2.77. The van der Waals surface area contributed by atoms with Gasteiger partial charge in [-0.25, -0.2) is 4.79 Å². The number of nitrogens with zero attached hydrogens (tertiary/aromatic N) is 1. The maximum atomic E-state index is 11.9. The SMILES string of the molecule is Cc1cn([C@@H]2O[C@@]3(CO)OCCO[C@H]3[C@H]2O)c(=O)[nH]c1=O. The van der Waals surface area contributed by atoms with Crippen LogP contribution in [0.25, 0.3) is 0 Å². The van der Waals surface area contributed by atoms with Gasteiger partial charge in [0.1, 0.15) is 18.8 Å². The van der Waals surface area contributed by atoms with E-state index in [-0.39, 0.29) is 13.2 Å². The number of aromatic amines is 1. The van der Waals surface area contributed by atoms with Gasteiger partial charge in [0.2, 0.25) is 5.79 Å². The molecule has 0 bridgehead atoms. The van der Waals surface area contributed by atoms with Crippen molar-refractivity contribution in [2.24, 2.45) is 0 Å². The average molecular weight is 300 g/mol. The van der Waals surface area contributed by atoms with E-state index in [2.05, 4.69) is 4.98 Å². The lowest BCUT2D eigenvalue weighted by Gasteiger charge is -2.36. The van der Waals surface area contributed by atoms with Crippen molar-refractivity contribution < 1.29 is 24.4 Å². The zero-order valence-corrected chi connectivity index (χ0v) is 11.3. The van der Waals surface area contributed by atoms with Crippen LogP contribution in [0.5, 0.6) is 0 Å². The Bertz CT molecular complexity index is 654. The fraction of sp³-hybridized carbons (Fsp3) is 0.667. The van der Waals surface area contributed by atoms with Gasteiger partial charge in [-0.1, -0.05) is 0 Å². The fourth-order valence-electron chi connectivity index (χ4n) is 2.65. The van der Waals surface area contributed by atoms with E-state index < -0.39 is 42.1 Å². The van der Waals surface area contributed by atoms with Gasteiger partial charge in [-0.15, -0.1) is 0 Å². The highest BCUT2D eigenvalue weighted by Gasteiger charge is 2.59. The second-order valence-corrected chi connectivity index (χ2v) is 5.09. The Morgan fingerprint density at radius 2 is 2.24 bits per heavy atom. The molecule has 116 valence electrons. The summed E-state index contributed by atoms with van der Waals surface area (Å²) in [5, 5.41) is 19.8. The Hall–Kier alpha value is -1.52. The van der Waals surface area contributed by atoms with E-state index in [1.54, 1.807) is 0 Å². The number of fused-ring (bicyclic) bond motifs is 1. The molecule has 2 saturated heterocycles. The summed E-state index contributed by atoms with van der Waals surface area (Å²) >= 11 is 0. The summed E-state index contributed by atoms with van der Waals surface area (Å²) < 4.78 is 17.4. The molecule has 2 aliphatic heterocycles. The van der Waals surface area contributed by atoms with Crippen molar-refractivity contribution in [1.82, 2.24) is 9.55 Å². The van der Waals surface area contributed by atoms with Crippen LogP contribution < -0.4 is 11.2 Å². The highest BCUT2D eigenvalue weighted by molar-refractivity contribution is 5.04. The molecule has 9 heteroatoms. The minimum Gasteiger partial charge on any atom is -0.391 e. The standard InChI is InChI=1S/C12H16N2O7/c1-6-4-14(11(18)13-9(6)17)10-7(16)8-12(5-15,21-10)20-3-2-19-8/h4,7-8,10,15-16H,2-3,5H2,1H3,(H,13,17,18)/t7-,8+,10-,12-/m1/s1. The van der Waals surface area contributed by atoms with Crippen molar-refractivity contribution in [1.29, 1.82) is 0 Å². The third-order valence-corrected chi connectivity index (χ3v) is 3.72. The lowest BCUT2D eigenvalue weighted by atomic mass is 10.1. The van der Waals surface area contributed by atoms with Crippen molar-refractivity contribution in [2.45, 2.75) is 31.1 Å². The first-order valence-corrected chi connectivity index (χ1v) is 6.53. The summed E-state index contributed by atoms with van der Waals surface area (Å²) in [5.41, 5.74) is -0.938. The lowest BCUT2D eigenvalue weighted by molar-refractivity contribution is -0.317. The number of hydrogen-bond acceptors (Lipinski definition) is 7. The Morgan fingerprint density at radius 1 is 1.48 bits per heavy atom. The van der Waals surface area contributed by atoms with Crippen molar-refractivity contribution in [2.75, 3.05) is 19.8 Å². The number of ether oxygens (including phenoxy) is 3. The number of aliphatic hydroxyl groups excluding tert-OH is 2. The summed E-state index contributed by atoms with van der Waals surface area (Å²) in [4.78, 5) is 25.4. The molecule has 0 amide bonds. The van der Waals surface area contributed by atoms with E-state index in [1.807, 2.05) is 0 Å².